The third-order valence-corrected chi connectivity index (χ3v) is 3.59. The lowest BCUT2D eigenvalue weighted by molar-refractivity contribution is 0.355. The van der Waals surface area contributed by atoms with E-state index in [1.807, 2.05) is 34.9 Å². The fraction of sp³-hybridized carbons (Fsp3) is 0.133. The van der Waals surface area contributed by atoms with Crippen LogP contribution in [0.25, 0.3) is 16.7 Å². The molecular formula is C15H14ClN3O2. The van der Waals surface area contributed by atoms with Gasteiger partial charge in [0.25, 0.3) is 0 Å². The maximum Gasteiger partial charge on any atom is 0.205 e. The Hall–Kier alpha value is -2.40. The number of halogens is 1. The topological polar surface area (TPSA) is 62.3 Å². The van der Waals surface area contributed by atoms with Crippen molar-refractivity contribution in [2.75, 3.05) is 20.0 Å². The molecule has 5 nitrogen and oxygen atoms in total. The molecular weight excluding hydrogens is 290 g/mol. The van der Waals surface area contributed by atoms with E-state index in [0.717, 1.165) is 11.2 Å². The normalized spacial score (nSPS) is 10.8. The number of para-hydroxylation sites is 1. The monoisotopic (exact) mass is 303 g/mol. The Morgan fingerprint density at radius 2 is 1.86 bits per heavy atom. The summed E-state index contributed by atoms with van der Waals surface area (Å²) < 4.78 is 12.4. The summed E-state index contributed by atoms with van der Waals surface area (Å²) in [6, 6.07) is 11.1. The van der Waals surface area contributed by atoms with Crippen molar-refractivity contribution in [1.29, 1.82) is 0 Å². The molecule has 0 spiro atoms. The number of benzene rings is 2. The van der Waals surface area contributed by atoms with Crippen molar-refractivity contribution in [3.8, 4) is 17.2 Å². The van der Waals surface area contributed by atoms with Gasteiger partial charge in [0, 0.05) is 6.07 Å². The van der Waals surface area contributed by atoms with Crippen LogP contribution in [0.4, 0.5) is 5.95 Å². The molecule has 1 aromatic heterocycles. The number of hydrogen-bond acceptors (Lipinski definition) is 4. The molecule has 0 radical (unpaired) electrons. The summed E-state index contributed by atoms with van der Waals surface area (Å²) in [5, 5.41) is 0.568. The van der Waals surface area contributed by atoms with Crippen LogP contribution in [0.1, 0.15) is 0 Å². The number of ether oxygens (including phenoxy) is 2. The van der Waals surface area contributed by atoms with E-state index in [0.29, 0.717) is 28.0 Å². The summed E-state index contributed by atoms with van der Waals surface area (Å²) >= 11 is 6.16. The summed E-state index contributed by atoms with van der Waals surface area (Å²) in [7, 11) is 3.19. The zero-order valence-electron chi connectivity index (χ0n) is 11.6. The van der Waals surface area contributed by atoms with Crippen LogP contribution in [-0.2, 0) is 0 Å². The van der Waals surface area contributed by atoms with Crippen molar-refractivity contribution >= 4 is 28.6 Å². The van der Waals surface area contributed by atoms with Crippen molar-refractivity contribution in [3.63, 3.8) is 0 Å². The van der Waals surface area contributed by atoms with Crippen LogP contribution in [0.2, 0.25) is 5.02 Å². The highest BCUT2D eigenvalue weighted by Gasteiger charge is 2.14. The predicted molar refractivity (Wildman–Crippen MR) is 83.6 cm³/mol. The molecule has 1 heterocycles. The minimum absolute atomic E-state index is 0.366. The number of nitrogens with two attached hydrogens (primary N) is 1. The molecule has 0 saturated heterocycles. The van der Waals surface area contributed by atoms with E-state index in [1.165, 1.54) is 0 Å². The molecule has 0 aliphatic carbocycles. The summed E-state index contributed by atoms with van der Waals surface area (Å²) in [4.78, 5) is 4.32. The lowest BCUT2D eigenvalue weighted by Gasteiger charge is -2.11. The van der Waals surface area contributed by atoms with Crippen LogP contribution in [0.5, 0.6) is 11.5 Å². The van der Waals surface area contributed by atoms with Gasteiger partial charge in [0.05, 0.1) is 30.4 Å². The van der Waals surface area contributed by atoms with Gasteiger partial charge in [-0.15, -0.1) is 0 Å². The fourth-order valence-corrected chi connectivity index (χ4v) is 2.53. The Bertz CT molecular complexity index is 814. The van der Waals surface area contributed by atoms with Crippen LogP contribution in [0.3, 0.4) is 0 Å². The van der Waals surface area contributed by atoms with Crippen molar-refractivity contribution < 1.29 is 9.47 Å². The zero-order valence-corrected chi connectivity index (χ0v) is 12.4. The molecule has 0 unspecified atom stereocenters. The van der Waals surface area contributed by atoms with Gasteiger partial charge in [-0.2, -0.15) is 0 Å². The van der Waals surface area contributed by atoms with Crippen LogP contribution in [0, 0.1) is 0 Å². The van der Waals surface area contributed by atoms with Crippen molar-refractivity contribution in [2.24, 2.45) is 0 Å². The molecule has 2 aromatic carbocycles. The quantitative estimate of drug-likeness (QED) is 0.806. The first-order valence-electron chi connectivity index (χ1n) is 6.30. The molecule has 0 aliphatic heterocycles. The van der Waals surface area contributed by atoms with E-state index in [-0.39, 0.29) is 0 Å². The van der Waals surface area contributed by atoms with Crippen molar-refractivity contribution in [1.82, 2.24) is 9.55 Å². The van der Waals surface area contributed by atoms with Gasteiger partial charge in [0.15, 0.2) is 11.5 Å². The van der Waals surface area contributed by atoms with E-state index >= 15 is 0 Å². The Morgan fingerprint density at radius 3 is 2.57 bits per heavy atom. The summed E-state index contributed by atoms with van der Waals surface area (Å²) in [6.07, 6.45) is 0. The second-order valence-electron chi connectivity index (χ2n) is 4.45. The van der Waals surface area contributed by atoms with Gasteiger partial charge in [-0.05, 0) is 24.3 Å². The number of imidazole rings is 1. The number of fused-ring (bicyclic) bond motifs is 1. The van der Waals surface area contributed by atoms with E-state index in [1.54, 1.807) is 20.3 Å². The molecule has 2 N–H and O–H groups in total. The minimum atomic E-state index is 0.366. The average molecular weight is 304 g/mol. The molecule has 0 fully saturated rings. The number of nitrogens with zero attached hydrogens (tertiary/aromatic N) is 2. The first-order valence-corrected chi connectivity index (χ1v) is 6.68. The Balaban J connectivity index is 2.25. The smallest absolute Gasteiger partial charge is 0.205 e. The maximum absolute atomic E-state index is 6.16. The highest BCUT2D eigenvalue weighted by Crippen LogP contribution is 2.33. The molecule has 0 amide bonds. The van der Waals surface area contributed by atoms with E-state index in [9.17, 15) is 0 Å². The van der Waals surface area contributed by atoms with Crippen LogP contribution >= 0.6 is 11.6 Å². The minimum Gasteiger partial charge on any atom is -0.493 e. The Morgan fingerprint density at radius 1 is 1.10 bits per heavy atom. The van der Waals surface area contributed by atoms with Crippen LogP contribution in [0.15, 0.2) is 36.4 Å². The van der Waals surface area contributed by atoms with E-state index in [4.69, 9.17) is 26.8 Å². The van der Waals surface area contributed by atoms with Gasteiger partial charge in [-0.3, -0.25) is 4.57 Å². The number of methoxy groups -OCH3 is 2. The largest absolute Gasteiger partial charge is 0.493 e. The third kappa shape index (κ3) is 2.15. The molecule has 6 heteroatoms. The Kier molecular flexibility index (Phi) is 3.35. The van der Waals surface area contributed by atoms with Gasteiger partial charge in [0.1, 0.15) is 5.52 Å². The van der Waals surface area contributed by atoms with Gasteiger partial charge in [-0.25, -0.2) is 4.98 Å². The van der Waals surface area contributed by atoms with Crippen molar-refractivity contribution in [3.05, 3.63) is 41.4 Å². The molecule has 108 valence electrons. The number of hydrogen-bond donors (Lipinski definition) is 1. The number of anilines is 1. The van der Waals surface area contributed by atoms with Gasteiger partial charge >= 0.3 is 0 Å². The van der Waals surface area contributed by atoms with Gasteiger partial charge in [0.2, 0.25) is 5.95 Å². The highest BCUT2D eigenvalue weighted by molar-refractivity contribution is 6.35. The zero-order chi connectivity index (χ0) is 15.0. The summed E-state index contributed by atoms with van der Waals surface area (Å²) in [5.41, 5.74) is 8.38. The van der Waals surface area contributed by atoms with E-state index < -0.39 is 0 Å². The second-order valence-corrected chi connectivity index (χ2v) is 4.86. The molecule has 0 atom stereocenters. The number of aromatic nitrogens is 2. The summed E-state index contributed by atoms with van der Waals surface area (Å²) in [6.45, 7) is 0. The molecule has 3 rings (SSSR count). The SMILES string of the molecule is COc1ccc(-n2c(N)nc3c(Cl)cccc32)cc1OC. The molecule has 21 heavy (non-hydrogen) atoms. The van der Waals surface area contributed by atoms with Crippen LogP contribution < -0.4 is 15.2 Å². The Labute approximate surface area is 126 Å². The fourth-order valence-electron chi connectivity index (χ4n) is 2.32. The first-order chi connectivity index (χ1) is 10.2. The van der Waals surface area contributed by atoms with Crippen LogP contribution in [-0.4, -0.2) is 23.8 Å². The second kappa shape index (κ2) is 5.18. The lowest BCUT2D eigenvalue weighted by Crippen LogP contribution is -2.01. The van der Waals surface area contributed by atoms with E-state index in [2.05, 4.69) is 4.98 Å². The third-order valence-electron chi connectivity index (χ3n) is 3.29. The molecule has 0 aliphatic rings. The predicted octanol–water partition coefficient (Wildman–Crippen LogP) is 3.28. The molecule has 3 aromatic rings. The summed E-state index contributed by atoms with van der Waals surface area (Å²) in [5.74, 6) is 1.64. The standard InChI is InChI=1S/C15H14ClN3O2/c1-20-12-7-6-9(8-13(12)21-2)19-11-5-3-4-10(16)14(11)18-15(19)17/h3-8H,1-2H3,(H2,17,18). The number of rotatable bonds is 3. The van der Waals surface area contributed by atoms with Gasteiger partial charge in [-0.1, -0.05) is 17.7 Å². The average Bonchev–Trinajstić information content (AvgIpc) is 2.84. The highest BCUT2D eigenvalue weighted by atomic mass is 35.5. The lowest BCUT2D eigenvalue weighted by atomic mass is 10.2. The van der Waals surface area contributed by atoms with Gasteiger partial charge < -0.3 is 15.2 Å². The first kappa shape index (κ1) is 13.6. The maximum atomic E-state index is 6.16. The van der Waals surface area contributed by atoms with Crippen molar-refractivity contribution in [2.45, 2.75) is 0 Å². The molecule has 0 bridgehead atoms. The number of nitrogen functional groups attached to an aromatic ring is 1. The molecule has 0 saturated carbocycles.